The van der Waals surface area contributed by atoms with E-state index in [9.17, 15) is 13.6 Å². The summed E-state index contributed by atoms with van der Waals surface area (Å²) in [7, 11) is 0. The first kappa shape index (κ1) is 20.0. The summed E-state index contributed by atoms with van der Waals surface area (Å²) in [5.41, 5.74) is -1.10. The normalized spacial score (nSPS) is 26.9. The summed E-state index contributed by atoms with van der Waals surface area (Å²) in [4.78, 5) is 14.5. The number of epoxide rings is 1. The lowest BCUT2D eigenvalue weighted by Crippen LogP contribution is -2.51. The van der Waals surface area contributed by atoms with Crippen LogP contribution in [-0.4, -0.2) is 47.2 Å². The van der Waals surface area contributed by atoms with Crippen molar-refractivity contribution in [3.8, 4) is 0 Å². The van der Waals surface area contributed by atoms with E-state index in [1.165, 1.54) is 12.1 Å². The predicted octanol–water partition coefficient (Wildman–Crippen LogP) is 4.04. The van der Waals surface area contributed by atoms with Crippen LogP contribution >= 0.6 is 0 Å². The molecule has 150 valence electrons. The number of amides is 1. The van der Waals surface area contributed by atoms with Crippen molar-refractivity contribution >= 4 is 6.09 Å². The van der Waals surface area contributed by atoms with Crippen LogP contribution in [0.5, 0.6) is 0 Å². The first-order valence-electron chi connectivity index (χ1n) is 9.21. The Labute approximate surface area is 158 Å². The Morgan fingerprint density at radius 2 is 1.85 bits per heavy atom. The minimum Gasteiger partial charge on any atom is -0.444 e. The Kier molecular flexibility index (Phi) is 5.20. The zero-order chi connectivity index (χ0) is 20.0. The van der Waals surface area contributed by atoms with E-state index in [0.717, 1.165) is 6.07 Å². The maximum Gasteiger partial charge on any atom is 0.412 e. The second-order valence-corrected chi connectivity index (χ2v) is 8.69. The molecule has 2 aliphatic rings. The summed E-state index contributed by atoms with van der Waals surface area (Å²) in [5.74, 6) is -1.29. The Hall–Kier alpha value is -1.73. The molecule has 0 bridgehead atoms. The van der Waals surface area contributed by atoms with Gasteiger partial charge in [-0.3, -0.25) is 4.90 Å². The van der Waals surface area contributed by atoms with E-state index in [-0.39, 0.29) is 18.6 Å². The van der Waals surface area contributed by atoms with Crippen LogP contribution in [0, 0.1) is 11.6 Å². The highest BCUT2D eigenvalue weighted by atomic mass is 19.1. The van der Waals surface area contributed by atoms with Crippen molar-refractivity contribution in [2.75, 3.05) is 6.61 Å². The van der Waals surface area contributed by atoms with Crippen molar-refractivity contribution in [1.29, 1.82) is 0 Å². The van der Waals surface area contributed by atoms with E-state index in [1.54, 1.807) is 39.5 Å². The monoisotopic (exact) mass is 383 g/mol. The third kappa shape index (κ3) is 4.96. The standard InChI is InChI=1S/C20H27F2NO4/c1-19(2,3)27-18(24)23-16(8-12-6-13(21)9-14(22)7-12)17(10-15-11-25-15)26-20(23,4)5/h6-7,9,15-17H,8,10-11H2,1-5H3/t15-,16+,17+/m1/s1. The van der Waals surface area contributed by atoms with Gasteiger partial charge in [-0.15, -0.1) is 0 Å². The Morgan fingerprint density at radius 3 is 2.37 bits per heavy atom. The first-order chi connectivity index (χ1) is 12.4. The largest absolute Gasteiger partial charge is 0.444 e. The molecule has 3 rings (SSSR count). The SMILES string of the molecule is CC(C)(C)OC(=O)N1[C@@H](Cc2cc(F)cc(F)c2)[C@H](C[C@@H]2CO2)OC1(C)C. The zero-order valence-corrected chi connectivity index (χ0v) is 16.4. The molecule has 1 aromatic rings. The van der Waals surface area contributed by atoms with Crippen LogP contribution < -0.4 is 0 Å². The lowest BCUT2D eigenvalue weighted by atomic mass is 9.97. The van der Waals surface area contributed by atoms with Gasteiger partial charge in [-0.05, 0) is 58.7 Å². The smallest absolute Gasteiger partial charge is 0.412 e. The highest BCUT2D eigenvalue weighted by Gasteiger charge is 2.52. The van der Waals surface area contributed by atoms with Crippen molar-refractivity contribution in [3.63, 3.8) is 0 Å². The summed E-state index contributed by atoms with van der Waals surface area (Å²) in [6.45, 7) is 9.63. The van der Waals surface area contributed by atoms with Crippen LogP contribution in [0.3, 0.4) is 0 Å². The summed E-state index contributed by atoms with van der Waals surface area (Å²) in [6, 6.07) is 2.98. The molecule has 1 amide bonds. The zero-order valence-electron chi connectivity index (χ0n) is 16.4. The summed E-state index contributed by atoms with van der Waals surface area (Å²) >= 11 is 0. The molecule has 0 radical (unpaired) electrons. The van der Waals surface area contributed by atoms with Gasteiger partial charge in [0.25, 0.3) is 0 Å². The van der Waals surface area contributed by atoms with Gasteiger partial charge < -0.3 is 14.2 Å². The number of benzene rings is 1. The number of hydrogen-bond donors (Lipinski definition) is 0. The molecule has 2 fully saturated rings. The average molecular weight is 383 g/mol. The summed E-state index contributed by atoms with van der Waals surface area (Å²) in [5, 5.41) is 0. The van der Waals surface area contributed by atoms with Gasteiger partial charge in [-0.1, -0.05) is 0 Å². The van der Waals surface area contributed by atoms with Gasteiger partial charge >= 0.3 is 6.09 Å². The van der Waals surface area contributed by atoms with Crippen molar-refractivity contribution in [2.45, 2.75) is 77.0 Å². The molecule has 5 nitrogen and oxygen atoms in total. The number of hydrogen-bond acceptors (Lipinski definition) is 4. The molecule has 2 heterocycles. The molecule has 0 saturated carbocycles. The molecule has 27 heavy (non-hydrogen) atoms. The Morgan fingerprint density at radius 1 is 1.26 bits per heavy atom. The van der Waals surface area contributed by atoms with Crippen LogP contribution in [0.4, 0.5) is 13.6 Å². The lowest BCUT2D eigenvalue weighted by Gasteiger charge is -2.35. The second kappa shape index (κ2) is 7.02. The lowest BCUT2D eigenvalue weighted by molar-refractivity contribution is -0.0805. The molecule has 1 aromatic carbocycles. The fraction of sp³-hybridized carbons (Fsp3) is 0.650. The minimum absolute atomic E-state index is 0.0936. The van der Waals surface area contributed by atoms with Gasteiger partial charge in [-0.25, -0.2) is 13.6 Å². The fourth-order valence-electron chi connectivity index (χ4n) is 3.60. The molecule has 0 spiro atoms. The molecule has 0 aliphatic carbocycles. The molecule has 3 atom stereocenters. The minimum atomic E-state index is -0.904. The third-order valence-corrected chi connectivity index (χ3v) is 4.64. The van der Waals surface area contributed by atoms with Gasteiger partial charge in [-0.2, -0.15) is 0 Å². The third-order valence-electron chi connectivity index (χ3n) is 4.64. The van der Waals surface area contributed by atoms with Crippen LogP contribution in [0.25, 0.3) is 0 Å². The van der Waals surface area contributed by atoms with Gasteiger partial charge in [0.05, 0.1) is 24.9 Å². The molecule has 2 aliphatic heterocycles. The number of ether oxygens (including phenoxy) is 3. The Bertz CT molecular complexity index is 692. The summed E-state index contributed by atoms with van der Waals surface area (Å²) in [6.07, 6.45) is 0.149. The molecule has 2 saturated heterocycles. The van der Waals surface area contributed by atoms with E-state index in [4.69, 9.17) is 14.2 Å². The van der Waals surface area contributed by atoms with E-state index in [0.29, 0.717) is 18.6 Å². The highest BCUT2D eigenvalue weighted by Crippen LogP contribution is 2.38. The fourth-order valence-corrected chi connectivity index (χ4v) is 3.60. The maximum atomic E-state index is 13.7. The van der Waals surface area contributed by atoms with Gasteiger partial charge in [0.15, 0.2) is 0 Å². The van der Waals surface area contributed by atoms with Crippen LogP contribution in [-0.2, 0) is 20.6 Å². The van der Waals surface area contributed by atoms with Crippen molar-refractivity contribution < 1.29 is 27.8 Å². The first-order valence-corrected chi connectivity index (χ1v) is 9.21. The number of rotatable bonds is 4. The predicted molar refractivity (Wildman–Crippen MR) is 95.2 cm³/mol. The van der Waals surface area contributed by atoms with E-state index in [1.807, 2.05) is 0 Å². The van der Waals surface area contributed by atoms with Gasteiger partial charge in [0.1, 0.15) is 23.0 Å². The van der Waals surface area contributed by atoms with Gasteiger partial charge in [0, 0.05) is 12.5 Å². The topological polar surface area (TPSA) is 51.3 Å². The number of carbonyl (C=O) groups is 1. The van der Waals surface area contributed by atoms with E-state index < -0.39 is 35.1 Å². The van der Waals surface area contributed by atoms with Gasteiger partial charge in [0.2, 0.25) is 0 Å². The van der Waals surface area contributed by atoms with E-state index >= 15 is 0 Å². The maximum absolute atomic E-state index is 13.7. The van der Waals surface area contributed by atoms with Crippen LogP contribution in [0.15, 0.2) is 18.2 Å². The second-order valence-electron chi connectivity index (χ2n) is 8.69. The molecule has 0 N–H and O–H groups in total. The Balaban J connectivity index is 1.89. The quantitative estimate of drug-likeness (QED) is 0.737. The number of carbonyl (C=O) groups excluding carboxylic acids is 1. The average Bonchev–Trinajstić information content (AvgIpc) is 3.21. The van der Waals surface area contributed by atoms with Crippen molar-refractivity contribution in [3.05, 3.63) is 35.4 Å². The summed E-state index contributed by atoms with van der Waals surface area (Å²) < 4.78 is 44.3. The van der Waals surface area contributed by atoms with Crippen LogP contribution in [0.1, 0.15) is 46.6 Å². The van der Waals surface area contributed by atoms with Crippen LogP contribution in [0.2, 0.25) is 0 Å². The molecule has 0 aromatic heterocycles. The molecule has 0 unspecified atom stereocenters. The van der Waals surface area contributed by atoms with Crippen molar-refractivity contribution in [2.24, 2.45) is 0 Å². The van der Waals surface area contributed by atoms with Crippen molar-refractivity contribution in [1.82, 2.24) is 4.90 Å². The highest BCUT2D eigenvalue weighted by molar-refractivity contribution is 5.70. The molecule has 7 heteroatoms. The number of halogens is 2. The molecular weight excluding hydrogens is 356 g/mol. The number of nitrogens with zero attached hydrogens (tertiary/aromatic N) is 1. The molecular formula is C20H27F2NO4. The van der Waals surface area contributed by atoms with E-state index in [2.05, 4.69) is 0 Å².